The Hall–Kier alpha value is 0.576. The van der Waals surface area contributed by atoms with Gasteiger partial charge in [0.05, 0.1) is 5.92 Å². The molecular weight excluding hydrogens is 223 g/mol. The van der Waals surface area contributed by atoms with Crippen molar-refractivity contribution in [2.45, 2.75) is 46.5 Å². The summed E-state index contributed by atoms with van der Waals surface area (Å²) in [7, 11) is 0. The van der Waals surface area contributed by atoms with Gasteiger partial charge in [-0.05, 0) is 19.8 Å². The number of carbonyl (C=O) groups excluding carboxylic acids is 1. The Kier molecular flexibility index (Phi) is 20.3. The summed E-state index contributed by atoms with van der Waals surface area (Å²) < 4.78 is 0. The third kappa shape index (κ3) is 20.6. The number of unbranched alkanes of at least 4 members (excludes halogenated alkanes) is 1. The second kappa shape index (κ2) is 14.6. The fourth-order valence-corrected chi connectivity index (χ4v) is 0.953. The third-order valence-electron chi connectivity index (χ3n) is 1.75. The van der Waals surface area contributed by atoms with E-state index in [9.17, 15) is 4.79 Å². The van der Waals surface area contributed by atoms with Gasteiger partial charge >= 0.3 is 57.4 Å². The molecule has 1 atom stereocenters. The molecule has 0 spiro atoms. The zero-order valence-electron chi connectivity index (χ0n) is 10.1. The average molecular weight is 242 g/mol. The van der Waals surface area contributed by atoms with Crippen LogP contribution in [0.3, 0.4) is 0 Å². The zero-order valence-corrected chi connectivity index (χ0v) is 13.2. The first-order valence-corrected chi connectivity index (χ1v) is 4.86. The van der Waals surface area contributed by atoms with Crippen LogP contribution < -0.4 is 56.5 Å². The Labute approximate surface area is 134 Å². The molecule has 0 aromatic heterocycles. The zero-order chi connectivity index (χ0) is 11.6. The van der Waals surface area contributed by atoms with Crippen LogP contribution in [-0.2, 0) is 9.59 Å². The summed E-state index contributed by atoms with van der Waals surface area (Å²) in [6.45, 7) is 4.98. The number of rotatable bonds is 5. The standard InChI is InChI=1S/C8H16O2.C2H4O2.K/c1-3-5-6-7(4-2)8(9)10;1-2(3)4;/h7H,3-6H2,1-2H3,(H,9,10);1H3,(H,3,4);/q;;+1/p-1. The second-order valence-corrected chi connectivity index (χ2v) is 3.08. The first kappa shape index (κ1) is 20.9. The molecule has 0 aromatic rings. The molecule has 4 nitrogen and oxygen atoms in total. The van der Waals surface area contributed by atoms with Crippen molar-refractivity contribution >= 4 is 11.9 Å². The van der Waals surface area contributed by atoms with Crippen molar-refractivity contribution in [3.8, 4) is 0 Å². The first-order chi connectivity index (χ1) is 6.45. The number of carbonyl (C=O) groups is 2. The number of hydrogen-bond acceptors (Lipinski definition) is 3. The predicted molar refractivity (Wildman–Crippen MR) is 51.6 cm³/mol. The molecule has 0 amide bonds. The summed E-state index contributed by atoms with van der Waals surface area (Å²) in [4.78, 5) is 19.3. The van der Waals surface area contributed by atoms with Gasteiger partial charge < -0.3 is 15.0 Å². The summed E-state index contributed by atoms with van der Waals surface area (Å²) in [6.07, 6.45) is 3.71. The number of aliphatic carboxylic acids is 2. The van der Waals surface area contributed by atoms with Gasteiger partial charge in [0.1, 0.15) is 0 Å². The summed E-state index contributed by atoms with van der Waals surface area (Å²) in [5, 5.41) is 17.5. The van der Waals surface area contributed by atoms with Crippen LogP contribution in [-0.4, -0.2) is 17.0 Å². The van der Waals surface area contributed by atoms with E-state index >= 15 is 0 Å². The molecule has 0 bridgehead atoms. The van der Waals surface area contributed by atoms with Crippen LogP contribution in [0.2, 0.25) is 0 Å². The minimum atomic E-state index is -1.08. The normalized spacial score (nSPS) is 10.3. The molecule has 0 rings (SSSR count). The Morgan fingerprint density at radius 1 is 1.33 bits per heavy atom. The van der Waals surface area contributed by atoms with Crippen LogP contribution in [0.5, 0.6) is 0 Å². The Bertz CT molecular complexity index is 167. The molecule has 15 heavy (non-hydrogen) atoms. The van der Waals surface area contributed by atoms with Gasteiger partial charge in [0.15, 0.2) is 0 Å². The summed E-state index contributed by atoms with van der Waals surface area (Å²) in [6, 6.07) is 0. The van der Waals surface area contributed by atoms with Gasteiger partial charge in [-0.25, -0.2) is 0 Å². The van der Waals surface area contributed by atoms with Crippen molar-refractivity contribution < 1.29 is 71.2 Å². The van der Waals surface area contributed by atoms with Crippen LogP contribution in [0, 0.1) is 5.92 Å². The molecule has 0 heterocycles. The van der Waals surface area contributed by atoms with E-state index in [-0.39, 0.29) is 57.3 Å². The topological polar surface area (TPSA) is 77.4 Å². The number of carboxylic acids is 2. The van der Waals surface area contributed by atoms with E-state index in [1.54, 1.807) is 0 Å². The van der Waals surface area contributed by atoms with Gasteiger partial charge in [-0.2, -0.15) is 0 Å². The molecule has 1 unspecified atom stereocenters. The van der Waals surface area contributed by atoms with Crippen molar-refractivity contribution in [2.75, 3.05) is 0 Å². The van der Waals surface area contributed by atoms with Crippen LogP contribution in [0.25, 0.3) is 0 Å². The minimum absolute atomic E-state index is 0. The van der Waals surface area contributed by atoms with E-state index in [1.807, 2.05) is 6.92 Å². The van der Waals surface area contributed by atoms with E-state index in [4.69, 9.17) is 15.0 Å². The maximum atomic E-state index is 10.4. The molecule has 0 aliphatic heterocycles. The van der Waals surface area contributed by atoms with Crippen LogP contribution in [0.4, 0.5) is 0 Å². The van der Waals surface area contributed by atoms with Crippen molar-refractivity contribution in [1.29, 1.82) is 0 Å². The molecule has 1 N–H and O–H groups in total. The summed E-state index contributed by atoms with van der Waals surface area (Å²) in [5.41, 5.74) is 0. The van der Waals surface area contributed by atoms with Gasteiger partial charge in [-0.15, -0.1) is 0 Å². The molecule has 0 fully saturated rings. The molecule has 0 saturated carbocycles. The molecule has 84 valence electrons. The maximum absolute atomic E-state index is 10.4. The Balaban J connectivity index is -0.000000249. The molecule has 0 aromatic carbocycles. The van der Waals surface area contributed by atoms with E-state index in [0.717, 1.165) is 32.6 Å². The molecule has 5 heteroatoms. The van der Waals surface area contributed by atoms with Gasteiger partial charge in [0.2, 0.25) is 0 Å². The molecule has 0 aliphatic rings. The quantitative estimate of drug-likeness (QED) is 0.568. The monoisotopic (exact) mass is 242 g/mol. The minimum Gasteiger partial charge on any atom is -0.550 e. The van der Waals surface area contributed by atoms with Crippen molar-refractivity contribution in [2.24, 2.45) is 5.92 Å². The first-order valence-electron chi connectivity index (χ1n) is 4.86. The number of hydrogen-bond donors (Lipinski definition) is 1. The smallest absolute Gasteiger partial charge is 0.550 e. The molecular formula is C10H19KO4. The molecule has 0 aliphatic carbocycles. The number of carboxylic acid groups (broad SMARTS) is 2. The second-order valence-electron chi connectivity index (χ2n) is 3.08. The SMILES string of the molecule is CC(=O)[O-].CCCCC(CC)C(=O)O.[K+]. The third-order valence-corrected chi connectivity index (χ3v) is 1.75. The van der Waals surface area contributed by atoms with Crippen LogP contribution in [0.15, 0.2) is 0 Å². The largest absolute Gasteiger partial charge is 1.00 e. The van der Waals surface area contributed by atoms with Gasteiger partial charge in [0.25, 0.3) is 0 Å². The van der Waals surface area contributed by atoms with Crippen molar-refractivity contribution in [1.82, 2.24) is 0 Å². The van der Waals surface area contributed by atoms with Gasteiger partial charge in [-0.1, -0.05) is 26.7 Å². The Morgan fingerprint density at radius 3 is 1.93 bits per heavy atom. The molecule has 0 radical (unpaired) electrons. The summed E-state index contributed by atoms with van der Waals surface area (Å²) in [5.74, 6) is -1.84. The van der Waals surface area contributed by atoms with Gasteiger partial charge in [0, 0.05) is 5.97 Å². The maximum Gasteiger partial charge on any atom is 1.00 e. The van der Waals surface area contributed by atoms with Crippen LogP contribution in [0.1, 0.15) is 46.5 Å². The van der Waals surface area contributed by atoms with Crippen LogP contribution >= 0.6 is 0 Å². The van der Waals surface area contributed by atoms with E-state index in [1.165, 1.54) is 0 Å². The van der Waals surface area contributed by atoms with Crippen molar-refractivity contribution in [3.05, 3.63) is 0 Å². The van der Waals surface area contributed by atoms with Gasteiger partial charge in [-0.3, -0.25) is 4.79 Å². The Morgan fingerprint density at radius 2 is 1.73 bits per heavy atom. The molecule has 0 saturated heterocycles. The van der Waals surface area contributed by atoms with Crippen molar-refractivity contribution in [3.63, 3.8) is 0 Å². The van der Waals surface area contributed by atoms with E-state index in [2.05, 4.69) is 6.92 Å². The fraction of sp³-hybridized carbons (Fsp3) is 0.800. The summed E-state index contributed by atoms with van der Waals surface area (Å²) >= 11 is 0. The fourth-order valence-electron chi connectivity index (χ4n) is 0.953. The average Bonchev–Trinajstić information content (AvgIpc) is 2.04. The van der Waals surface area contributed by atoms with E-state index < -0.39 is 11.9 Å². The predicted octanol–water partition coefficient (Wildman–Crippen LogP) is -1.95. The van der Waals surface area contributed by atoms with E-state index in [0.29, 0.717) is 0 Å².